The molecule has 0 bridgehead atoms. The highest BCUT2D eigenvalue weighted by atomic mass is 15.5. The predicted octanol–water partition coefficient (Wildman–Crippen LogP) is 1.29. The number of benzene rings is 1. The lowest BCUT2D eigenvalue weighted by Crippen LogP contribution is -2.16. The Labute approximate surface area is 110 Å². The first-order valence-corrected chi connectivity index (χ1v) is 6.23. The van der Waals surface area contributed by atoms with Crippen LogP contribution in [0.25, 0.3) is 10.9 Å². The normalized spacial score (nSPS) is 11.3. The van der Waals surface area contributed by atoms with Crippen LogP contribution in [0, 0.1) is 6.92 Å². The largest absolute Gasteiger partial charge is 0.346 e. The molecular formula is C13H16N6. The Balaban J connectivity index is 1.81. The van der Waals surface area contributed by atoms with Gasteiger partial charge in [-0.15, -0.1) is 10.2 Å². The van der Waals surface area contributed by atoms with E-state index >= 15 is 0 Å². The zero-order chi connectivity index (χ0) is 13.2. The van der Waals surface area contributed by atoms with Crippen molar-refractivity contribution in [1.82, 2.24) is 30.5 Å². The monoisotopic (exact) mass is 256 g/mol. The van der Waals surface area contributed by atoms with Crippen molar-refractivity contribution in [2.24, 2.45) is 7.05 Å². The quantitative estimate of drug-likeness (QED) is 0.738. The summed E-state index contributed by atoms with van der Waals surface area (Å²) >= 11 is 0. The van der Waals surface area contributed by atoms with Crippen molar-refractivity contribution in [2.75, 3.05) is 0 Å². The lowest BCUT2D eigenvalue weighted by molar-refractivity contribution is 0.635. The van der Waals surface area contributed by atoms with Crippen molar-refractivity contribution in [3.8, 4) is 0 Å². The van der Waals surface area contributed by atoms with E-state index < -0.39 is 0 Å². The molecule has 6 heteroatoms. The number of hydrogen-bond donors (Lipinski definition) is 2. The van der Waals surface area contributed by atoms with E-state index in [1.807, 2.05) is 0 Å². The van der Waals surface area contributed by atoms with Gasteiger partial charge in [0.1, 0.15) is 0 Å². The zero-order valence-electron chi connectivity index (χ0n) is 11.0. The van der Waals surface area contributed by atoms with Crippen LogP contribution in [-0.2, 0) is 20.1 Å². The van der Waals surface area contributed by atoms with Gasteiger partial charge in [0, 0.05) is 30.2 Å². The second-order valence-corrected chi connectivity index (χ2v) is 4.58. The molecule has 0 fully saturated rings. The van der Waals surface area contributed by atoms with Crippen molar-refractivity contribution in [3.63, 3.8) is 0 Å². The van der Waals surface area contributed by atoms with E-state index in [1.54, 1.807) is 0 Å². The maximum Gasteiger partial charge on any atom is 0.188 e. The summed E-state index contributed by atoms with van der Waals surface area (Å²) in [5.41, 5.74) is 3.86. The zero-order valence-corrected chi connectivity index (χ0v) is 11.0. The van der Waals surface area contributed by atoms with Gasteiger partial charge in [0.25, 0.3) is 0 Å². The summed E-state index contributed by atoms with van der Waals surface area (Å²) in [4.78, 5) is 0. The van der Waals surface area contributed by atoms with Crippen molar-refractivity contribution >= 4 is 10.9 Å². The molecule has 0 aliphatic carbocycles. The molecular weight excluding hydrogens is 240 g/mol. The first-order chi connectivity index (χ1) is 9.27. The number of aryl methyl sites for hydroxylation is 2. The molecule has 0 atom stereocenters. The molecule has 0 aliphatic rings. The van der Waals surface area contributed by atoms with E-state index in [0.29, 0.717) is 12.4 Å². The van der Waals surface area contributed by atoms with E-state index in [2.05, 4.69) is 68.7 Å². The van der Waals surface area contributed by atoms with Crippen LogP contribution in [-0.4, -0.2) is 25.2 Å². The van der Waals surface area contributed by atoms with Crippen LogP contribution in [0.3, 0.4) is 0 Å². The molecule has 0 unspecified atom stereocenters. The number of H-pyrrole nitrogens is 1. The molecule has 1 aromatic carbocycles. The van der Waals surface area contributed by atoms with Crippen LogP contribution in [0.4, 0.5) is 0 Å². The maximum absolute atomic E-state index is 3.92. The van der Waals surface area contributed by atoms with Gasteiger partial charge in [-0.05, 0) is 18.6 Å². The number of aromatic nitrogens is 5. The smallest absolute Gasteiger partial charge is 0.188 e. The minimum absolute atomic E-state index is 0.609. The summed E-state index contributed by atoms with van der Waals surface area (Å²) in [7, 11) is 2.10. The number of para-hydroxylation sites is 1. The Morgan fingerprint density at radius 2 is 2.11 bits per heavy atom. The number of nitrogens with zero attached hydrogens (tertiary/aromatic N) is 4. The van der Waals surface area contributed by atoms with Gasteiger partial charge in [-0.25, -0.2) is 0 Å². The van der Waals surface area contributed by atoms with Crippen molar-refractivity contribution in [3.05, 3.63) is 41.3 Å². The Kier molecular flexibility index (Phi) is 3.00. The van der Waals surface area contributed by atoms with E-state index in [-0.39, 0.29) is 0 Å². The number of tetrazole rings is 1. The topological polar surface area (TPSA) is 71.4 Å². The molecule has 0 radical (unpaired) electrons. The molecule has 0 saturated heterocycles. The molecule has 19 heavy (non-hydrogen) atoms. The summed E-state index contributed by atoms with van der Waals surface area (Å²) in [6.45, 7) is 3.55. The van der Waals surface area contributed by atoms with Gasteiger partial charge in [-0.3, -0.25) is 0 Å². The van der Waals surface area contributed by atoms with Crippen LogP contribution in [0.5, 0.6) is 0 Å². The van der Waals surface area contributed by atoms with Gasteiger partial charge in [-0.2, -0.15) is 5.21 Å². The van der Waals surface area contributed by atoms with Crippen LogP contribution >= 0.6 is 0 Å². The summed E-state index contributed by atoms with van der Waals surface area (Å²) < 4.78 is 2.23. The Morgan fingerprint density at radius 3 is 2.84 bits per heavy atom. The fraction of sp³-hybridized carbons (Fsp3) is 0.308. The molecule has 2 aromatic heterocycles. The molecule has 2 N–H and O–H groups in total. The summed E-state index contributed by atoms with van der Waals surface area (Å²) in [5, 5.41) is 18.5. The van der Waals surface area contributed by atoms with E-state index in [0.717, 1.165) is 6.54 Å². The van der Waals surface area contributed by atoms with Crippen molar-refractivity contribution in [1.29, 1.82) is 0 Å². The Hall–Kier alpha value is -2.21. The third kappa shape index (κ3) is 2.10. The average molecular weight is 256 g/mol. The molecule has 98 valence electrons. The maximum atomic E-state index is 3.92. The third-order valence-electron chi connectivity index (χ3n) is 3.47. The minimum Gasteiger partial charge on any atom is -0.346 e. The molecule has 0 amide bonds. The van der Waals surface area contributed by atoms with Gasteiger partial charge in [0.05, 0.1) is 6.54 Å². The number of hydrogen-bond acceptors (Lipinski definition) is 4. The number of fused-ring (bicyclic) bond motifs is 1. The molecule has 0 aliphatic heterocycles. The highest BCUT2D eigenvalue weighted by Crippen LogP contribution is 2.24. The summed E-state index contributed by atoms with van der Waals surface area (Å²) in [6, 6.07) is 8.45. The second-order valence-electron chi connectivity index (χ2n) is 4.58. The summed E-state index contributed by atoms with van der Waals surface area (Å²) in [5.74, 6) is 0.677. The van der Waals surface area contributed by atoms with Crippen molar-refractivity contribution in [2.45, 2.75) is 20.0 Å². The first kappa shape index (κ1) is 11.9. The van der Waals surface area contributed by atoms with Gasteiger partial charge < -0.3 is 9.88 Å². The summed E-state index contributed by atoms with van der Waals surface area (Å²) in [6.07, 6.45) is 0. The molecule has 3 rings (SSSR count). The lowest BCUT2D eigenvalue weighted by Gasteiger charge is -2.06. The van der Waals surface area contributed by atoms with E-state index in [9.17, 15) is 0 Å². The number of nitrogens with one attached hydrogen (secondary N) is 2. The standard InChI is InChI=1S/C13H16N6/c1-9-10-5-3-4-6-11(10)19(2)12(9)7-14-8-13-15-17-18-16-13/h3-6,14H,7-8H2,1-2H3,(H,15,16,17,18). The Morgan fingerprint density at radius 1 is 1.26 bits per heavy atom. The predicted molar refractivity (Wildman–Crippen MR) is 72.4 cm³/mol. The van der Waals surface area contributed by atoms with Crippen LogP contribution in [0.15, 0.2) is 24.3 Å². The van der Waals surface area contributed by atoms with Crippen molar-refractivity contribution < 1.29 is 0 Å². The van der Waals surface area contributed by atoms with E-state index in [1.165, 1.54) is 22.2 Å². The first-order valence-electron chi connectivity index (χ1n) is 6.23. The second kappa shape index (κ2) is 4.81. The highest BCUT2D eigenvalue weighted by molar-refractivity contribution is 5.85. The molecule has 0 saturated carbocycles. The molecule has 2 heterocycles. The van der Waals surface area contributed by atoms with E-state index in [4.69, 9.17) is 0 Å². The minimum atomic E-state index is 0.609. The number of rotatable bonds is 4. The average Bonchev–Trinajstić information content (AvgIpc) is 3.02. The van der Waals surface area contributed by atoms with Crippen LogP contribution in [0.1, 0.15) is 17.1 Å². The van der Waals surface area contributed by atoms with Gasteiger partial charge in [-0.1, -0.05) is 23.4 Å². The highest BCUT2D eigenvalue weighted by Gasteiger charge is 2.10. The van der Waals surface area contributed by atoms with Gasteiger partial charge in [0.2, 0.25) is 0 Å². The fourth-order valence-corrected chi connectivity index (χ4v) is 2.44. The lowest BCUT2D eigenvalue weighted by atomic mass is 10.1. The fourth-order valence-electron chi connectivity index (χ4n) is 2.44. The molecule has 3 aromatic rings. The third-order valence-corrected chi connectivity index (χ3v) is 3.47. The molecule has 0 spiro atoms. The number of aromatic amines is 1. The van der Waals surface area contributed by atoms with Gasteiger partial charge >= 0.3 is 0 Å². The molecule has 6 nitrogen and oxygen atoms in total. The SMILES string of the molecule is Cc1c(CNCc2nn[nH]n2)n(C)c2ccccc12. The van der Waals surface area contributed by atoms with Crippen LogP contribution < -0.4 is 5.32 Å². The Bertz CT molecular complexity index is 644. The van der Waals surface area contributed by atoms with Gasteiger partial charge in [0.15, 0.2) is 5.82 Å². The van der Waals surface area contributed by atoms with Crippen LogP contribution in [0.2, 0.25) is 0 Å².